The number of amides is 4. The Kier molecular flexibility index (Phi) is 2.35. The number of rotatable bonds is 2. The monoisotopic (exact) mass is 259 g/mol. The molecule has 98 valence electrons. The molecule has 3 N–H and O–H groups in total. The number of hydrogen-bond donors (Lipinski definition) is 2. The highest BCUT2D eigenvalue weighted by molar-refractivity contribution is 6.09. The van der Waals surface area contributed by atoms with Crippen LogP contribution in [0.3, 0.4) is 0 Å². The van der Waals surface area contributed by atoms with Gasteiger partial charge in [0.05, 0.1) is 0 Å². The Morgan fingerprint density at radius 3 is 2.84 bits per heavy atom. The smallest absolute Gasteiger partial charge is 0.325 e. The first-order chi connectivity index (χ1) is 9.04. The maximum absolute atomic E-state index is 12.5. The molecule has 1 aliphatic heterocycles. The molecule has 1 fully saturated rings. The van der Waals surface area contributed by atoms with E-state index in [0.29, 0.717) is 6.42 Å². The molecule has 6 heteroatoms. The Morgan fingerprint density at radius 1 is 1.37 bits per heavy atom. The molecular weight excluding hydrogens is 246 g/mol. The van der Waals surface area contributed by atoms with E-state index in [1.165, 1.54) is 0 Å². The predicted molar refractivity (Wildman–Crippen MR) is 65.9 cm³/mol. The summed E-state index contributed by atoms with van der Waals surface area (Å²) < 4.78 is 0. The fraction of sp³-hybridized carbons (Fsp3) is 0.308. The van der Waals surface area contributed by atoms with Crippen molar-refractivity contribution in [2.75, 3.05) is 6.54 Å². The number of carbonyl (C=O) groups excluding carboxylic acids is 3. The van der Waals surface area contributed by atoms with Gasteiger partial charge in [0, 0.05) is 0 Å². The number of benzene rings is 1. The summed E-state index contributed by atoms with van der Waals surface area (Å²) in [6.45, 7) is -0.380. The first-order valence-electron chi connectivity index (χ1n) is 6.05. The van der Waals surface area contributed by atoms with Crippen LogP contribution >= 0.6 is 0 Å². The van der Waals surface area contributed by atoms with Crippen LogP contribution in [0.2, 0.25) is 0 Å². The second-order valence-electron chi connectivity index (χ2n) is 4.85. The summed E-state index contributed by atoms with van der Waals surface area (Å²) in [4.78, 5) is 36.2. The number of hydrogen-bond acceptors (Lipinski definition) is 3. The zero-order valence-electron chi connectivity index (χ0n) is 10.2. The van der Waals surface area contributed by atoms with E-state index >= 15 is 0 Å². The Balaban J connectivity index is 2.02. The van der Waals surface area contributed by atoms with Crippen LogP contribution in [0.4, 0.5) is 4.79 Å². The van der Waals surface area contributed by atoms with Gasteiger partial charge in [0.1, 0.15) is 12.1 Å². The van der Waals surface area contributed by atoms with Crippen molar-refractivity contribution in [3.05, 3.63) is 35.4 Å². The van der Waals surface area contributed by atoms with Gasteiger partial charge in [0.15, 0.2) is 0 Å². The summed E-state index contributed by atoms with van der Waals surface area (Å²) in [5.41, 5.74) is 5.93. The number of imide groups is 1. The van der Waals surface area contributed by atoms with Gasteiger partial charge in [-0.15, -0.1) is 0 Å². The summed E-state index contributed by atoms with van der Waals surface area (Å²) in [5, 5.41) is 2.72. The van der Waals surface area contributed by atoms with Crippen LogP contribution in [-0.4, -0.2) is 29.3 Å². The minimum atomic E-state index is -1.01. The first-order valence-corrected chi connectivity index (χ1v) is 6.05. The number of nitrogens with two attached hydrogens (primary N) is 1. The molecule has 1 aromatic carbocycles. The van der Waals surface area contributed by atoms with E-state index < -0.39 is 17.5 Å². The number of carbonyl (C=O) groups is 3. The number of nitrogens with zero attached hydrogens (tertiary/aromatic N) is 1. The number of fused-ring (bicyclic) bond motifs is 2. The lowest BCUT2D eigenvalue weighted by molar-refractivity contribution is -0.134. The highest BCUT2D eigenvalue weighted by Gasteiger charge is 2.55. The average Bonchev–Trinajstić information content (AvgIpc) is 2.85. The average molecular weight is 259 g/mol. The third-order valence-corrected chi connectivity index (χ3v) is 3.74. The van der Waals surface area contributed by atoms with Gasteiger partial charge in [0.25, 0.3) is 5.91 Å². The van der Waals surface area contributed by atoms with Crippen LogP contribution in [-0.2, 0) is 21.5 Å². The van der Waals surface area contributed by atoms with Crippen molar-refractivity contribution in [1.82, 2.24) is 10.2 Å². The highest BCUT2D eigenvalue weighted by atomic mass is 16.2. The topological polar surface area (TPSA) is 92.5 Å². The van der Waals surface area contributed by atoms with Gasteiger partial charge < -0.3 is 11.1 Å². The summed E-state index contributed by atoms with van der Waals surface area (Å²) in [6.07, 6.45) is 1.25. The Morgan fingerprint density at radius 2 is 2.11 bits per heavy atom. The quantitative estimate of drug-likeness (QED) is 0.724. The molecule has 6 nitrogen and oxygen atoms in total. The van der Waals surface area contributed by atoms with Crippen molar-refractivity contribution in [3.63, 3.8) is 0 Å². The molecule has 0 unspecified atom stereocenters. The maximum Gasteiger partial charge on any atom is 0.325 e. The Labute approximate surface area is 109 Å². The molecule has 1 saturated heterocycles. The molecule has 1 aliphatic carbocycles. The van der Waals surface area contributed by atoms with Crippen LogP contribution in [0.15, 0.2) is 24.3 Å². The van der Waals surface area contributed by atoms with E-state index in [9.17, 15) is 14.4 Å². The molecule has 19 heavy (non-hydrogen) atoms. The molecule has 2 aliphatic rings. The lowest BCUT2D eigenvalue weighted by atomic mass is 9.92. The van der Waals surface area contributed by atoms with E-state index in [0.717, 1.165) is 22.4 Å². The molecule has 0 aromatic heterocycles. The van der Waals surface area contributed by atoms with Crippen LogP contribution in [0.25, 0.3) is 0 Å². The molecular formula is C13H13N3O3. The molecule has 0 bridgehead atoms. The summed E-state index contributed by atoms with van der Waals surface area (Å²) in [5.74, 6) is -1.09. The van der Waals surface area contributed by atoms with Gasteiger partial charge in [-0.1, -0.05) is 24.3 Å². The summed E-state index contributed by atoms with van der Waals surface area (Å²) in [7, 11) is 0. The van der Waals surface area contributed by atoms with Crippen molar-refractivity contribution in [2.45, 2.75) is 18.4 Å². The minimum absolute atomic E-state index is 0.380. The summed E-state index contributed by atoms with van der Waals surface area (Å²) >= 11 is 0. The normalized spacial score (nSPS) is 24.7. The Hall–Kier alpha value is -2.37. The molecule has 1 heterocycles. The molecule has 1 atom stereocenters. The van der Waals surface area contributed by atoms with Crippen LogP contribution in [0.1, 0.15) is 17.5 Å². The van der Waals surface area contributed by atoms with Crippen LogP contribution in [0.5, 0.6) is 0 Å². The van der Waals surface area contributed by atoms with E-state index in [4.69, 9.17) is 5.73 Å². The van der Waals surface area contributed by atoms with Crippen LogP contribution in [0, 0.1) is 0 Å². The SMILES string of the molecule is NC(=O)CN1C(=O)N[C@@]2(CCc3ccccc32)C1=O. The van der Waals surface area contributed by atoms with Crippen LogP contribution < -0.4 is 11.1 Å². The highest BCUT2D eigenvalue weighted by Crippen LogP contribution is 2.40. The second-order valence-corrected chi connectivity index (χ2v) is 4.85. The van der Waals surface area contributed by atoms with Crippen molar-refractivity contribution in [2.24, 2.45) is 5.73 Å². The third kappa shape index (κ3) is 1.53. The number of primary amides is 1. The zero-order valence-corrected chi connectivity index (χ0v) is 10.2. The maximum atomic E-state index is 12.5. The molecule has 1 spiro atoms. The molecule has 0 saturated carbocycles. The van der Waals surface area contributed by atoms with Gasteiger partial charge in [-0.05, 0) is 24.0 Å². The van der Waals surface area contributed by atoms with Crippen molar-refractivity contribution in [3.8, 4) is 0 Å². The lowest BCUT2D eigenvalue weighted by Gasteiger charge is -2.21. The van der Waals surface area contributed by atoms with E-state index in [2.05, 4.69) is 5.32 Å². The van der Waals surface area contributed by atoms with Gasteiger partial charge in [-0.2, -0.15) is 0 Å². The van der Waals surface area contributed by atoms with Gasteiger partial charge in [-0.25, -0.2) is 4.79 Å². The summed E-state index contributed by atoms with van der Waals surface area (Å²) in [6, 6.07) is 6.97. The minimum Gasteiger partial charge on any atom is -0.368 e. The van der Waals surface area contributed by atoms with E-state index in [1.54, 1.807) is 0 Å². The van der Waals surface area contributed by atoms with E-state index in [1.807, 2.05) is 24.3 Å². The fourth-order valence-corrected chi connectivity index (χ4v) is 2.89. The zero-order chi connectivity index (χ0) is 13.6. The van der Waals surface area contributed by atoms with Gasteiger partial charge in [0.2, 0.25) is 5.91 Å². The first kappa shape index (κ1) is 11.7. The molecule has 1 aromatic rings. The van der Waals surface area contributed by atoms with Gasteiger partial charge >= 0.3 is 6.03 Å². The van der Waals surface area contributed by atoms with Crippen molar-refractivity contribution in [1.29, 1.82) is 0 Å². The molecule has 4 amide bonds. The third-order valence-electron chi connectivity index (χ3n) is 3.74. The molecule has 3 rings (SSSR count). The number of urea groups is 1. The number of aryl methyl sites for hydroxylation is 1. The second kappa shape index (κ2) is 3.81. The van der Waals surface area contributed by atoms with Gasteiger partial charge in [-0.3, -0.25) is 14.5 Å². The fourth-order valence-electron chi connectivity index (χ4n) is 2.89. The Bertz CT molecular complexity index is 599. The van der Waals surface area contributed by atoms with Crippen molar-refractivity contribution >= 4 is 17.8 Å². The standard InChI is InChI=1S/C13H13N3O3/c14-10(17)7-16-11(18)13(15-12(16)19)6-5-8-3-1-2-4-9(8)13/h1-4H,5-7H2,(H2,14,17)(H,15,19)/t13-/m1/s1. The molecule has 0 radical (unpaired) electrons. The van der Waals surface area contributed by atoms with Crippen molar-refractivity contribution < 1.29 is 14.4 Å². The predicted octanol–water partition coefficient (Wildman–Crippen LogP) is -0.135. The lowest BCUT2D eigenvalue weighted by Crippen LogP contribution is -2.43. The largest absolute Gasteiger partial charge is 0.368 e. The van der Waals surface area contributed by atoms with E-state index in [-0.39, 0.29) is 12.5 Å². The number of nitrogens with one attached hydrogen (secondary N) is 1.